The van der Waals surface area contributed by atoms with Crippen molar-refractivity contribution in [1.82, 2.24) is 5.32 Å². The molecule has 86 valence electrons. The third-order valence-corrected chi connectivity index (χ3v) is 2.63. The van der Waals surface area contributed by atoms with Gasteiger partial charge in [-0.2, -0.15) is 0 Å². The van der Waals surface area contributed by atoms with Crippen molar-refractivity contribution in [3.05, 3.63) is 30.0 Å². The fraction of sp³-hybridized carbons (Fsp3) is 0.385. The number of nitrogens with one attached hydrogen (secondary N) is 1. The number of aryl methyl sites for hydroxylation is 1. The molecule has 0 aliphatic heterocycles. The molecule has 0 unspecified atom stereocenters. The van der Waals surface area contributed by atoms with Crippen LogP contribution in [0.25, 0.3) is 11.0 Å². The number of furan rings is 1. The molecule has 0 fully saturated rings. The molecule has 0 atom stereocenters. The van der Waals surface area contributed by atoms with Gasteiger partial charge in [-0.15, -0.1) is 0 Å². The predicted octanol–water partition coefficient (Wildman–Crippen LogP) is 2.59. The summed E-state index contributed by atoms with van der Waals surface area (Å²) in [6, 6.07) is 8.01. The van der Waals surface area contributed by atoms with Crippen molar-refractivity contribution in [2.24, 2.45) is 0 Å². The molecule has 0 saturated heterocycles. The van der Waals surface area contributed by atoms with Gasteiger partial charge in [-0.1, -0.05) is 0 Å². The van der Waals surface area contributed by atoms with Crippen LogP contribution in [-0.4, -0.2) is 20.7 Å². The monoisotopic (exact) mass is 219 g/mol. The lowest BCUT2D eigenvalue weighted by Crippen LogP contribution is -2.07. The Bertz CT molecular complexity index is 462. The van der Waals surface area contributed by atoms with Gasteiger partial charge in [0, 0.05) is 17.9 Å². The molecule has 2 rings (SSSR count). The average Bonchev–Trinajstić information content (AvgIpc) is 2.70. The molecular formula is C13H17NO2. The molecule has 3 nitrogen and oxygen atoms in total. The summed E-state index contributed by atoms with van der Waals surface area (Å²) in [7, 11) is 3.63. The minimum Gasteiger partial charge on any atom is -0.497 e. The van der Waals surface area contributed by atoms with Gasteiger partial charge in [-0.05, 0) is 38.2 Å². The minimum atomic E-state index is 0.837. The number of rotatable bonds is 5. The number of benzene rings is 1. The largest absolute Gasteiger partial charge is 0.497 e. The molecule has 16 heavy (non-hydrogen) atoms. The van der Waals surface area contributed by atoms with E-state index in [-0.39, 0.29) is 0 Å². The molecule has 0 aliphatic carbocycles. The van der Waals surface area contributed by atoms with Crippen LogP contribution in [0.4, 0.5) is 0 Å². The van der Waals surface area contributed by atoms with Crippen LogP contribution in [-0.2, 0) is 6.42 Å². The van der Waals surface area contributed by atoms with Crippen LogP contribution in [0.1, 0.15) is 12.2 Å². The highest BCUT2D eigenvalue weighted by atomic mass is 16.5. The van der Waals surface area contributed by atoms with Gasteiger partial charge in [-0.25, -0.2) is 0 Å². The van der Waals surface area contributed by atoms with Gasteiger partial charge >= 0.3 is 0 Å². The van der Waals surface area contributed by atoms with Crippen LogP contribution in [0.5, 0.6) is 5.75 Å². The average molecular weight is 219 g/mol. The minimum absolute atomic E-state index is 0.837. The van der Waals surface area contributed by atoms with E-state index in [1.807, 2.05) is 25.2 Å². The van der Waals surface area contributed by atoms with E-state index in [1.54, 1.807) is 7.11 Å². The quantitative estimate of drug-likeness (QED) is 0.785. The van der Waals surface area contributed by atoms with Crippen molar-refractivity contribution < 1.29 is 9.15 Å². The Morgan fingerprint density at radius 3 is 2.94 bits per heavy atom. The van der Waals surface area contributed by atoms with Gasteiger partial charge in [-0.3, -0.25) is 0 Å². The van der Waals surface area contributed by atoms with Gasteiger partial charge in [0.1, 0.15) is 17.1 Å². The third kappa shape index (κ3) is 2.36. The van der Waals surface area contributed by atoms with E-state index in [0.29, 0.717) is 0 Å². The summed E-state index contributed by atoms with van der Waals surface area (Å²) in [4.78, 5) is 0. The Morgan fingerprint density at radius 2 is 2.19 bits per heavy atom. The number of hydrogen-bond donors (Lipinski definition) is 1. The van der Waals surface area contributed by atoms with Crippen molar-refractivity contribution in [1.29, 1.82) is 0 Å². The van der Waals surface area contributed by atoms with Crippen molar-refractivity contribution in [3.63, 3.8) is 0 Å². The number of ether oxygens (including phenoxy) is 1. The summed E-state index contributed by atoms with van der Waals surface area (Å²) in [5.41, 5.74) is 0.902. The number of hydrogen-bond acceptors (Lipinski definition) is 3. The van der Waals surface area contributed by atoms with Crippen molar-refractivity contribution in [3.8, 4) is 5.75 Å². The summed E-state index contributed by atoms with van der Waals surface area (Å²) in [5.74, 6) is 1.88. The van der Waals surface area contributed by atoms with E-state index in [4.69, 9.17) is 9.15 Å². The van der Waals surface area contributed by atoms with Gasteiger partial charge in [0.2, 0.25) is 0 Å². The van der Waals surface area contributed by atoms with Crippen molar-refractivity contribution >= 4 is 11.0 Å². The predicted molar refractivity (Wildman–Crippen MR) is 65.0 cm³/mol. The highest BCUT2D eigenvalue weighted by Crippen LogP contribution is 2.24. The first-order chi connectivity index (χ1) is 7.83. The van der Waals surface area contributed by atoms with Crippen LogP contribution >= 0.6 is 0 Å². The van der Waals surface area contributed by atoms with Crippen LogP contribution in [0.3, 0.4) is 0 Å². The zero-order valence-electron chi connectivity index (χ0n) is 9.75. The molecule has 0 saturated carbocycles. The van der Waals surface area contributed by atoms with Crippen LogP contribution < -0.4 is 10.1 Å². The Hall–Kier alpha value is -1.48. The maximum atomic E-state index is 5.75. The lowest BCUT2D eigenvalue weighted by molar-refractivity contribution is 0.414. The molecule has 0 amide bonds. The summed E-state index contributed by atoms with van der Waals surface area (Å²) in [6.45, 7) is 1.01. The van der Waals surface area contributed by atoms with Gasteiger partial charge in [0.05, 0.1) is 7.11 Å². The molecule has 1 N–H and O–H groups in total. The zero-order chi connectivity index (χ0) is 11.4. The van der Waals surface area contributed by atoms with Crippen molar-refractivity contribution in [2.45, 2.75) is 12.8 Å². The standard InChI is InChI=1S/C13H17NO2/c1-14-7-3-4-12-8-10-5-6-11(15-2)9-13(10)16-12/h5-6,8-9,14H,3-4,7H2,1-2H3. The molecular weight excluding hydrogens is 202 g/mol. The van der Waals surface area contributed by atoms with Gasteiger partial charge in [0.25, 0.3) is 0 Å². The summed E-state index contributed by atoms with van der Waals surface area (Å²) < 4.78 is 10.9. The lowest BCUT2D eigenvalue weighted by atomic mass is 10.2. The summed E-state index contributed by atoms with van der Waals surface area (Å²) in [5, 5.41) is 4.27. The first-order valence-corrected chi connectivity index (χ1v) is 5.54. The van der Waals surface area contributed by atoms with Crippen molar-refractivity contribution in [2.75, 3.05) is 20.7 Å². The highest BCUT2D eigenvalue weighted by molar-refractivity contribution is 5.79. The van der Waals surface area contributed by atoms with Gasteiger partial charge < -0.3 is 14.5 Å². The summed E-state index contributed by atoms with van der Waals surface area (Å²) in [6.07, 6.45) is 2.06. The van der Waals surface area contributed by atoms with E-state index in [0.717, 1.165) is 41.9 Å². The first kappa shape index (κ1) is 11.0. The number of methoxy groups -OCH3 is 1. The molecule has 0 radical (unpaired) electrons. The fourth-order valence-corrected chi connectivity index (χ4v) is 1.76. The van der Waals surface area contributed by atoms with Crippen LogP contribution in [0, 0.1) is 0 Å². The second kappa shape index (κ2) is 5.03. The lowest BCUT2D eigenvalue weighted by Gasteiger charge is -1.97. The van der Waals surface area contributed by atoms with Gasteiger partial charge in [0.15, 0.2) is 0 Å². The maximum Gasteiger partial charge on any atom is 0.137 e. The SMILES string of the molecule is CNCCCc1cc2ccc(OC)cc2o1. The third-order valence-electron chi connectivity index (χ3n) is 2.63. The highest BCUT2D eigenvalue weighted by Gasteiger charge is 2.04. The van der Waals surface area contributed by atoms with E-state index in [1.165, 1.54) is 0 Å². The molecule has 1 heterocycles. The van der Waals surface area contributed by atoms with E-state index in [2.05, 4.69) is 11.4 Å². The second-order valence-corrected chi connectivity index (χ2v) is 3.82. The van der Waals surface area contributed by atoms with E-state index < -0.39 is 0 Å². The Balaban J connectivity index is 2.16. The van der Waals surface area contributed by atoms with E-state index in [9.17, 15) is 0 Å². The Kier molecular flexibility index (Phi) is 3.47. The summed E-state index contributed by atoms with van der Waals surface area (Å²) >= 11 is 0. The molecule has 2 aromatic rings. The first-order valence-electron chi connectivity index (χ1n) is 5.54. The molecule has 0 bridgehead atoms. The normalized spacial score (nSPS) is 10.9. The fourth-order valence-electron chi connectivity index (χ4n) is 1.76. The second-order valence-electron chi connectivity index (χ2n) is 3.82. The molecule has 3 heteroatoms. The zero-order valence-corrected chi connectivity index (χ0v) is 9.75. The Morgan fingerprint density at radius 1 is 1.31 bits per heavy atom. The number of fused-ring (bicyclic) bond motifs is 1. The molecule has 1 aromatic heterocycles. The maximum absolute atomic E-state index is 5.75. The molecule has 1 aromatic carbocycles. The molecule has 0 aliphatic rings. The Labute approximate surface area is 95.4 Å². The van der Waals surface area contributed by atoms with Crippen LogP contribution in [0.2, 0.25) is 0 Å². The smallest absolute Gasteiger partial charge is 0.137 e. The molecule has 0 spiro atoms. The topological polar surface area (TPSA) is 34.4 Å². The van der Waals surface area contributed by atoms with E-state index >= 15 is 0 Å². The van der Waals surface area contributed by atoms with Crippen LogP contribution in [0.15, 0.2) is 28.7 Å².